The van der Waals surface area contributed by atoms with Crippen LogP contribution in [0.2, 0.25) is 0 Å². The van der Waals surface area contributed by atoms with Crippen molar-refractivity contribution in [1.29, 1.82) is 0 Å². The predicted octanol–water partition coefficient (Wildman–Crippen LogP) is 2.52. The van der Waals surface area contributed by atoms with Crippen molar-refractivity contribution in [2.75, 3.05) is 20.2 Å². The Hall–Kier alpha value is -2.96. The second-order valence-electron chi connectivity index (χ2n) is 6.38. The number of hydrogen-bond donors (Lipinski definition) is 0. The lowest BCUT2D eigenvalue weighted by Crippen LogP contribution is -2.44. The van der Waals surface area contributed by atoms with Crippen LogP contribution in [0.3, 0.4) is 0 Å². The molecule has 7 nitrogen and oxygen atoms in total. The van der Waals surface area contributed by atoms with Crippen molar-refractivity contribution in [2.45, 2.75) is 31.8 Å². The quantitative estimate of drug-likeness (QED) is 0.698. The number of Topliss-reactive ketones (excluding diaryl/α,β-unsaturated/α-hetero) is 1. The lowest BCUT2D eigenvalue weighted by molar-refractivity contribution is -0.133. The summed E-state index contributed by atoms with van der Waals surface area (Å²) in [5, 5.41) is 0. The molecule has 0 N–H and O–H groups in total. The molecular formula is C20H23N3O4. The minimum Gasteiger partial charge on any atom is -0.477 e. The molecule has 1 aliphatic rings. The van der Waals surface area contributed by atoms with Crippen LogP contribution in [-0.2, 0) is 4.79 Å². The Kier molecular flexibility index (Phi) is 6.35. The van der Waals surface area contributed by atoms with Crippen molar-refractivity contribution >= 4 is 11.7 Å². The van der Waals surface area contributed by atoms with Gasteiger partial charge in [-0.15, -0.1) is 0 Å². The predicted molar refractivity (Wildman–Crippen MR) is 98.8 cm³/mol. The van der Waals surface area contributed by atoms with Crippen molar-refractivity contribution in [1.82, 2.24) is 14.9 Å². The highest BCUT2D eigenvalue weighted by molar-refractivity contribution is 5.97. The molecule has 1 atom stereocenters. The highest BCUT2D eigenvalue weighted by Crippen LogP contribution is 2.24. The van der Waals surface area contributed by atoms with Crippen LogP contribution >= 0.6 is 0 Å². The molecule has 1 aromatic carbocycles. The molecule has 3 rings (SSSR count). The van der Waals surface area contributed by atoms with E-state index >= 15 is 0 Å². The number of methoxy groups -OCH3 is 1. The number of aromatic nitrogens is 2. The Balaban J connectivity index is 1.53. The third-order valence-corrected chi connectivity index (χ3v) is 4.50. The number of nitrogens with zero attached hydrogens (tertiary/aromatic N) is 3. The molecule has 0 spiro atoms. The van der Waals surface area contributed by atoms with Gasteiger partial charge in [0.15, 0.2) is 5.78 Å². The topological polar surface area (TPSA) is 81.6 Å². The standard InChI is InChI=1S/C20H23N3O4/c1-26-19-20(22-12-11-21-19)27-16-8-5-13-23(14-16)18(25)10-9-17(24)15-6-3-2-4-7-15/h2-4,6-7,11-12,16H,5,8-10,13-14H2,1H3. The first kappa shape index (κ1) is 18.8. The SMILES string of the molecule is COc1nccnc1OC1CCCN(C(=O)CCC(=O)c2ccccc2)C1. The van der Waals surface area contributed by atoms with Gasteiger partial charge in [0.25, 0.3) is 11.8 Å². The molecule has 1 unspecified atom stereocenters. The first-order valence-corrected chi connectivity index (χ1v) is 9.05. The van der Waals surface area contributed by atoms with E-state index < -0.39 is 0 Å². The van der Waals surface area contributed by atoms with Crippen molar-refractivity contribution in [3.05, 3.63) is 48.3 Å². The minimum atomic E-state index is -0.168. The third kappa shape index (κ3) is 5.03. The molecule has 1 saturated heterocycles. The summed E-state index contributed by atoms with van der Waals surface area (Å²) in [5.41, 5.74) is 0.639. The van der Waals surface area contributed by atoms with Gasteiger partial charge >= 0.3 is 0 Å². The van der Waals surface area contributed by atoms with Crippen LogP contribution in [0.25, 0.3) is 0 Å². The number of hydrogen-bond acceptors (Lipinski definition) is 6. The molecule has 0 bridgehead atoms. The summed E-state index contributed by atoms with van der Waals surface area (Å²) in [4.78, 5) is 34.7. The third-order valence-electron chi connectivity index (χ3n) is 4.50. The average molecular weight is 369 g/mol. The number of piperidine rings is 1. The second-order valence-corrected chi connectivity index (χ2v) is 6.38. The normalized spacial score (nSPS) is 16.6. The van der Waals surface area contributed by atoms with Crippen LogP contribution in [0.15, 0.2) is 42.7 Å². The van der Waals surface area contributed by atoms with E-state index in [0.29, 0.717) is 30.4 Å². The van der Waals surface area contributed by atoms with Gasteiger partial charge in [-0.05, 0) is 12.8 Å². The van der Waals surface area contributed by atoms with E-state index in [2.05, 4.69) is 9.97 Å². The van der Waals surface area contributed by atoms with Crippen molar-refractivity contribution in [3.63, 3.8) is 0 Å². The number of ether oxygens (including phenoxy) is 2. The Morgan fingerprint density at radius 1 is 1.11 bits per heavy atom. The highest BCUT2D eigenvalue weighted by atomic mass is 16.5. The Bertz CT molecular complexity index is 782. The van der Waals surface area contributed by atoms with Crippen LogP contribution in [0.5, 0.6) is 11.8 Å². The van der Waals surface area contributed by atoms with E-state index in [1.807, 2.05) is 18.2 Å². The first-order valence-electron chi connectivity index (χ1n) is 9.05. The van der Waals surface area contributed by atoms with E-state index in [9.17, 15) is 9.59 Å². The number of likely N-dealkylation sites (tertiary alicyclic amines) is 1. The van der Waals surface area contributed by atoms with E-state index in [4.69, 9.17) is 9.47 Å². The molecule has 1 aliphatic heterocycles. The number of amides is 1. The molecule has 142 valence electrons. The summed E-state index contributed by atoms with van der Waals surface area (Å²) < 4.78 is 11.0. The maximum atomic E-state index is 12.5. The molecule has 0 aliphatic carbocycles. The van der Waals surface area contributed by atoms with Gasteiger partial charge in [-0.2, -0.15) is 0 Å². The van der Waals surface area contributed by atoms with E-state index in [1.165, 1.54) is 13.3 Å². The summed E-state index contributed by atoms with van der Waals surface area (Å²) >= 11 is 0. The zero-order valence-corrected chi connectivity index (χ0v) is 15.3. The summed E-state index contributed by atoms with van der Waals surface area (Å²) in [7, 11) is 1.51. The molecule has 2 heterocycles. The summed E-state index contributed by atoms with van der Waals surface area (Å²) in [6.45, 7) is 1.15. The monoisotopic (exact) mass is 369 g/mol. The molecule has 7 heteroatoms. The smallest absolute Gasteiger partial charge is 0.278 e. The van der Waals surface area contributed by atoms with Gasteiger partial charge in [0.05, 0.1) is 13.7 Å². The summed E-state index contributed by atoms with van der Waals surface area (Å²) in [5.74, 6) is 0.615. The molecule has 0 saturated carbocycles. The Labute approximate surface area is 158 Å². The molecule has 0 radical (unpaired) electrons. The van der Waals surface area contributed by atoms with Gasteiger partial charge in [-0.1, -0.05) is 30.3 Å². The summed E-state index contributed by atoms with van der Waals surface area (Å²) in [6, 6.07) is 9.05. The van der Waals surface area contributed by atoms with Gasteiger partial charge in [0.2, 0.25) is 5.91 Å². The minimum absolute atomic E-state index is 0.0157. The van der Waals surface area contributed by atoms with Crippen molar-refractivity contribution < 1.29 is 19.1 Å². The van der Waals surface area contributed by atoms with Crippen LogP contribution in [0.1, 0.15) is 36.0 Å². The lowest BCUT2D eigenvalue weighted by Gasteiger charge is -2.32. The van der Waals surface area contributed by atoms with Crippen molar-refractivity contribution in [3.8, 4) is 11.8 Å². The molecule has 1 amide bonds. The molecule has 1 aromatic heterocycles. The lowest BCUT2D eigenvalue weighted by atomic mass is 10.0. The summed E-state index contributed by atoms with van der Waals surface area (Å²) in [6.07, 6.45) is 4.99. The van der Waals surface area contributed by atoms with Crippen LogP contribution in [0.4, 0.5) is 0 Å². The van der Waals surface area contributed by atoms with E-state index in [0.717, 1.165) is 12.8 Å². The molecular weight excluding hydrogens is 346 g/mol. The number of rotatable bonds is 7. The zero-order chi connectivity index (χ0) is 19.1. The number of ketones is 1. The van der Waals surface area contributed by atoms with E-state index in [1.54, 1.807) is 23.2 Å². The van der Waals surface area contributed by atoms with Crippen molar-refractivity contribution in [2.24, 2.45) is 0 Å². The Morgan fingerprint density at radius 3 is 2.59 bits per heavy atom. The number of benzene rings is 1. The van der Waals surface area contributed by atoms with Crippen LogP contribution in [-0.4, -0.2) is 52.9 Å². The van der Waals surface area contributed by atoms with Crippen LogP contribution in [0, 0.1) is 0 Å². The fraction of sp³-hybridized carbons (Fsp3) is 0.400. The Morgan fingerprint density at radius 2 is 1.85 bits per heavy atom. The molecule has 1 fully saturated rings. The number of carbonyl (C=O) groups excluding carboxylic acids is 2. The molecule has 27 heavy (non-hydrogen) atoms. The fourth-order valence-electron chi connectivity index (χ4n) is 3.10. The largest absolute Gasteiger partial charge is 0.477 e. The molecule has 2 aromatic rings. The van der Waals surface area contributed by atoms with Gasteiger partial charge in [-0.3, -0.25) is 9.59 Å². The van der Waals surface area contributed by atoms with Gasteiger partial charge < -0.3 is 14.4 Å². The van der Waals surface area contributed by atoms with E-state index in [-0.39, 0.29) is 30.6 Å². The highest BCUT2D eigenvalue weighted by Gasteiger charge is 2.26. The van der Waals surface area contributed by atoms with Gasteiger partial charge in [-0.25, -0.2) is 9.97 Å². The maximum absolute atomic E-state index is 12.5. The zero-order valence-electron chi connectivity index (χ0n) is 15.3. The maximum Gasteiger partial charge on any atom is 0.278 e. The van der Waals surface area contributed by atoms with Crippen LogP contribution < -0.4 is 9.47 Å². The average Bonchev–Trinajstić information content (AvgIpc) is 2.73. The number of carbonyl (C=O) groups is 2. The second kappa shape index (κ2) is 9.12. The first-order chi connectivity index (χ1) is 13.2. The fourth-order valence-corrected chi connectivity index (χ4v) is 3.10. The van der Waals surface area contributed by atoms with Gasteiger partial charge in [0.1, 0.15) is 6.10 Å². The van der Waals surface area contributed by atoms with Gasteiger partial charge in [0, 0.05) is 37.3 Å².